The lowest BCUT2D eigenvalue weighted by Gasteiger charge is -2.34. The molecule has 2 atom stereocenters. The molecule has 1 heterocycles. The zero-order chi connectivity index (χ0) is 21.5. The van der Waals surface area contributed by atoms with Gasteiger partial charge in [0.15, 0.2) is 0 Å². The van der Waals surface area contributed by atoms with Crippen LogP contribution in [0.25, 0.3) is 0 Å². The summed E-state index contributed by atoms with van der Waals surface area (Å²) >= 11 is 0. The van der Waals surface area contributed by atoms with Crippen LogP contribution in [0.4, 0.5) is 4.79 Å². The van der Waals surface area contributed by atoms with Gasteiger partial charge in [-0.25, -0.2) is 4.79 Å². The molecule has 8 nitrogen and oxygen atoms in total. The second kappa shape index (κ2) is 10.6. The normalized spacial score (nSPS) is 16.8. The number of amides is 2. The Morgan fingerprint density at radius 2 is 1.54 bits per heavy atom. The van der Waals surface area contributed by atoms with Crippen molar-refractivity contribution in [3.63, 3.8) is 0 Å². The first-order valence-corrected chi connectivity index (χ1v) is 10.1. The third kappa shape index (κ3) is 7.30. The van der Waals surface area contributed by atoms with E-state index < -0.39 is 23.8 Å². The van der Waals surface area contributed by atoms with Gasteiger partial charge in [-0.15, -0.1) is 0 Å². The monoisotopic (exact) mass is 399 g/mol. The van der Waals surface area contributed by atoms with E-state index in [1.54, 1.807) is 13.8 Å². The Kier molecular flexibility index (Phi) is 9.20. The molecular weight excluding hydrogens is 362 g/mol. The minimum absolute atomic E-state index is 0.0173. The Balaban J connectivity index is 2.81. The van der Waals surface area contributed by atoms with E-state index in [9.17, 15) is 14.4 Å². The number of ether oxygens (including phenoxy) is 2. The smallest absolute Gasteiger partial charge is 0.438 e. The Hall–Kier alpha value is -1.83. The zero-order valence-electron chi connectivity index (χ0n) is 18.3. The molecule has 0 aromatic heterocycles. The van der Waals surface area contributed by atoms with E-state index in [-0.39, 0.29) is 30.3 Å². The van der Waals surface area contributed by atoms with E-state index in [1.807, 2.05) is 32.6 Å². The summed E-state index contributed by atoms with van der Waals surface area (Å²) in [6.45, 7) is 12.9. The largest absolute Gasteiger partial charge is 0.508 e. The van der Waals surface area contributed by atoms with Gasteiger partial charge < -0.3 is 19.7 Å². The van der Waals surface area contributed by atoms with Crippen molar-refractivity contribution in [3.8, 4) is 0 Å². The Morgan fingerprint density at radius 1 is 1.00 bits per heavy atom. The van der Waals surface area contributed by atoms with Crippen molar-refractivity contribution < 1.29 is 23.9 Å². The van der Waals surface area contributed by atoms with Crippen molar-refractivity contribution in [2.75, 3.05) is 26.8 Å². The Morgan fingerprint density at radius 3 is 2.00 bits per heavy atom. The first kappa shape index (κ1) is 24.2. The lowest BCUT2D eigenvalue weighted by Crippen LogP contribution is -2.60. The molecule has 0 bridgehead atoms. The molecule has 0 saturated carbocycles. The summed E-state index contributed by atoms with van der Waals surface area (Å²) in [5.74, 6) is -0.143. The molecule has 1 rings (SSSR count). The van der Waals surface area contributed by atoms with Crippen molar-refractivity contribution in [3.05, 3.63) is 0 Å². The molecule has 162 valence electrons. The fourth-order valence-corrected chi connectivity index (χ4v) is 3.19. The van der Waals surface area contributed by atoms with Crippen LogP contribution in [0.15, 0.2) is 0 Å². The molecule has 2 unspecified atom stereocenters. The highest BCUT2D eigenvalue weighted by Gasteiger charge is 2.35. The number of carbonyl (C=O) groups excluding carboxylic acids is 3. The van der Waals surface area contributed by atoms with Crippen molar-refractivity contribution in [1.29, 1.82) is 0 Å². The van der Waals surface area contributed by atoms with Gasteiger partial charge >= 0.3 is 6.16 Å². The molecule has 2 N–H and O–H groups in total. The van der Waals surface area contributed by atoms with Gasteiger partial charge in [0.25, 0.3) is 0 Å². The number of hydrogen-bond acceptors (Lipinski definition) is 6. The summed E-state index contributed by atoms with van der Waals surface area (Å²) < 4.78 is 9.43. The number of hydrogen-bond donors (Lipinski definition) is 2. The Labute approximate surface area is 168 Å². The van der Waals surface area contributed by atoms with Crippen LogP contribution >= 0.6 is 0 Å². The fraction of sp³-hybridized carbons (Fsp3) is 0.850. The summed E-state index contributed by atoms with van der Waals surface area (Å²) in [6.07, 6.45) is 1.26. The van der Waals surface area contributed by atoms with Crippen molar-refractivity contribution >= 4 is 18.0 Å². The third-order valence-corrected chi connectivity index (χ3v) is 4.84. The molecule has 0 aromatic carbocycles. The topological polar surface area (TPSA) is 97.0 Å². The van der Waals surface area contributed by atoms with Crippen LogP contribution in [0.5, 0.6) is 0 Å². The predicted molar refractivity (Wildman–Crippen MR) is 107 cm³/mol. The summed E-state index contributed by atoms with van der Waals surface area (Å²) in [5, 5.41) is 6.20. The molecule has 0 aliphatic carbocycles. The number of nitrogens with zero attached hydrogens (tertiary/aromatic N) is 1. The molecule has 0 aromatic rings. The maximum Gasteiger partial charge on any atom is 0.508 e. The highest BCUT2D eigenvalue weighted by Crippen LogP contribution is 2.16. The lowest BCUT2D eigenvalue weighted by atomic mass is 9.96. The van der Waals surface area contributed by atoms with Crippen molar-refractivity contribution in [1.82, 2.24) is 15.5 Å². The number of methoxy groups -OCH3 is 1. The summed E-state index contributed by atoms with van der Waals surface area (Å²) in [6, 6.07) is -0.970. The molecule has 0 spiro atoms. The summed E-state index contributed by atoms with van der Waals surface area (Å²) in [7, 11) is 1.23. The average molecular weight is 400 g/mol. The molecule has 28 heavy (non-hydrogen) atoms. The van der Waals surface area contributed by atoms with Gasteiger partial charge in [0.05, 0.1) is 24.7 Å². The molecule has 1 fully saturated rings. The molecule has 1 aliphatic heterocycles. The Bertz CT molecular complexity index is 542. The summed E-state index contributed by atoms with van der Waals surface area (Å²) in [4.78, 5) is 38.9. The molecule has 8 heteroatoms. The standard InChI is InChI=1S/C20H37N3O5/c1-13(2)15(17(24)22-20(5,6)12-28-19(26)27-7)21-16(14(3)4)18(25)23-10-8-9-11-23/h13-16,21H,8-12H2,1-7H3,(H,22,24). The average Bonchev–Trinajstić information content (AvgIpc) is 3.13. The molecule has 0 radical (unpaired) electrons. The maximum absolute atomic E-state index is 12.9. The van der Waals surface area contributed by atoms with Gasteiger partial charge in [-0.2, -0.15) is 0 Å². The lowest BCUT2D eigenvalue weighted by molar-refractivity contribution is -0.134. The van der Waals surface area contributed by atoms with E-state index in [0.29, 0.717) is 0 Å². The van der Waals surface area contributed by atoms with Crippen LogP contribution in [0, 0.1) is 11.8 Å². The van der Waals surface area contributed by atoms with Crippen LogP contribution in [0.3, 0.4) is 0 Å². The van der Waals surface area contributed by atoms with E-state index in [1.165, 1.54) is 7.11 Å². The van der Waals surface area contributed by atoms with Gasteiger partial charge in [-0.1, -0.05) is 27.7 Å². The number of rotatable bonds is 9. The van der Waals surface area contributed by atoms with Crippen LogP contribution in [-0.4, -0.2) is 67.3 Å². The van der Waals surface area contributed by atoms with Crippen molar-refractivity contribution in [2.24, 2.45) is 11.8 Å². The molecule has 2 amide bonds. The maximum atomic E-state index is 12.9. The predicted octanol–water partition coefficient (Wildman–Crippen LogP) is 1.93. The zero-order valence-corrected chi connectivity index (χ0v) is 18.3. The highest BCUT2D eigenvalue weighted by atomic mass is 16.7. The minimum Gasteiger partial charge on any atom is -0.438 e. The molecule has 1 aliphatic rings. The second-order valence-electron chi connectivity index (χ2n) is 8.76. The fourth-order valence-electron chi connectivity index (χ4n) is 3.19. The van der Waals surface area contributed by atoms with Gasteiger partial charge in [0.2, 0.25) is 11.8 Å². The molecule has 1 saturated heterocycles. The van der Waals surface area contributed by atoms with Gasteiger partial charge in [0.1, 0.15) is 6.61 Å². The van der Waals surface area contributed by atoms with Gasteiger partial charge in [-0.3, -0.25) is 14.9 Å². The highest BCUT2D eigenvalue weighted by molar-refractivity contribution is 5.86. The number of carbonyl (C=O) groups is 3. The van der Waals surface area contributed by atoms with Crippen LogP contribution in [0.2, 0.25) is 0 Å². The second-order valence-corrected chi connectivity index (χ2v) is 8.76. The van der Waals surface area contributed by atoms with Crippen LogP contribution in [0.1, 0.15) is 54.4 Å². The van der Waals surface area contributed by atoms with E-state index in [0.717, 1.165) is 25.9 Å². The van der Waals surface area contributed by atoms with Crippen LogP contribution in [-0.2, 0) is 19.1 Å². The van der Waals surface area contributed by atoms with Gasteiger partial charge in [0, 0.05) is 13.1 Å². The first-order valence-electron chi connectivity index (χ1n) is 10.1. The first-order chi connectivity index (χ1) is 13.0. The van der Waals surface area contributed by atoms with Crippen molar-refractivity contribution in [2.45, 2.75) is 72.0 Å². The SMILES string of the molecule is COC(=O)OCC(C)(C)NC(=O)C(NC(C(=O)N1CCCC1)C(C)C)C(C)C. The molecular formula is C20H37N3O5. The van der Waals surface area contributed by atoms with E-state index in [4.69, 9.17) is 4.74 Å². The van der Waals surface area contributed by atoms with Gasteiger partial charge in [-0.05, 0) is 38.5 Å². The number of nitrogens with one attached hydrogen (secondary N) is 2. The quantitative estimate of drug-likeness (QED) is 0.575. The van der Waals surface area contributed by atoms with E-state index >= 15 is 0 Å². The van der Waals surface area contributed by atoms with Crippen LogP contribution < -0.4 is 10.6 Å². The third-order valence-electron chi connectivity index (χ3n) is 4.84. The summed E-state index contributed by atoms with van der Waals surface area (Å²) in [5.41, 5.74) is -0.771. The minimum atomic E-state index is -0.794. The number of likely N-dealkylation sites (tertiary alicyclic amines) is 1. The van der Waals surface area contributed by atoms with E-state index in [2.05, 4.69) is 15.4 Å².